The number of nitrogens with zero attached hydrogens (tertiary/aromatic N) is 3. The van der Waals surface area contributed by atoms with E-state index in [0.29, 0.717) is 42.3 Å². The van der Waals surface area contributed by atoms with Gasteiger partial charge in [0.1, 0.15) is 5.69 Å². The van der Waals surface area contributed by atoms with Gasteiger partial charge in [0.25, 0.3) is 5.69 Å². The lowest BCUT2D eigenvalue weighted by molar-refractivity contribution is -0.384. The smallest absolute Gasteiger partial charge is 0.292 e. The molecule has 0 aromatic heterocycles. The summed E-state index contributed by atoms with van der Waals surface area (Å²) in [5, 5.41) is 14.5. The van der Waals surface area contributed by atoms with Crippen LogP contribution in [-0.4, -0.2) is 48.3 Å². The summed E-state index contributed by atoms with van der Waals surface area (Å²) in [5.74, 6) is -0.614. The number of nitro benzene ring substituents is 1. The van der Waals surface area contributed by atoms with Crippen LogP contribution in [0.15, 0.2) is 48.5 Å². The lowest BCUT2D eigenvalue weighted by Gasteiger charge is -2.34. The van der Waals surface area contributed by atoms with Crippen molar-refractivity contribution >= 4 is 40.5 Å². The largest absolute Gasteiger partial charge is 0.366 e. The molecule has 3 rings (SSSR count). The van der Waals surface area contributed by atoms with E-state index in [1.807, 2.05) is 4.90 Å². The second kappa shape index (κ2) is 9.58. The van der Waals surface area contributed by atoms with Gasteiger partial charge in [0.05, 0.1) is 11.5 Å². The number of para-hydroxylation sites is 2. The molecule has 30 heavy (non-hydrogen) atoms. The minimum Gasteiger partial charge on any atom is -0.366 e. The summed E-state index contributed by atoms with van der Waals surface area (Å²) in [5.41, 5.74) is 1.21. The summed E-state index contributed by atoms with van der Waals surface area (Å²) in [7, 11) is 1.61. The van der Waals surface area contributed by atoms with E-state index in [4.69, 9.17) is 11.6 Å². The van der Waals surface area contributed by atoms with Gasteiger partial charge in [-0.15, -0.1) is 0 Å². The van der Waals surface area contributed by atoms with Gasteiger partial charge in [-0.25, -0.2) is 0 Å². The van der Waals surface area contributed by atoms with Crippen molar-refractivity contribution in [3.63, 3.8) is 0 Å². The molecule has 0 bridgehead atoms. The van der Waals surface area contributed by atoms with E-state index in [9.17, 15) is 19.7 Å². The van der Waals surface area contributed by atoms with Crippen LogP contribution in [0.4, 0.5) is 17.1 Å². The highest BCUT2D eigenvalue weighted by molar-refractivity contribution is 6.30. The highest BCUT2D eigenvalue weighted by atomic mass is 35.5. The number of piperidine rings is 1. The predicted molar refractivity (Wildman–Crippen MR) is 116 cm³/mol. The summed E-state index contributed by atoms with van der Waals surface area (Å²) in [6, 6.07) is 13.4. The molecule has 0 aliphatic carbocycles. The molecule has 1 heterocycles. The average molecular weight is 431 g/mol. The molecule has 1 N–H and O–H groups in total. The summed E-state index contributed by atoms with van der Waals surface area (Å²) < 4.78 is 0. The first kappa shape index (κ1) is 21.6. The van der Waals surface area contributed by atoms with Gasteiger partial charge in [-0.1, -0.05) is 29.8 Å². The Balaban J connectivity index is 1.53. The number of halogens is 1. The molecule has 8 nitrogen and oxygen atoms in total. The maximum Gasteiger partial charge on any atom is 0.292 e. The van der Waals surface area contributed by atoms with Gasteiger partial charge in [0, 0.05) is 42.8 Å². The number of amides is 2. The second-order valence-electron chi connectivity index (χ2n) is 7.26. The molecular weight excluding hydrogens is 408 g/mol. The van der Waals surface area contributed by atoms with Crippen molar-refractivity contribution in [2.45, 2.75) is 12.8 Å². The normalized spacial score (nSPS) is 14.3. The number of nitro groups is 1. The van der Waals surface area contributed by atoms with Crippen molar-refractivity contribution in [2.24, 2.45) is 5.92 Å². The van der Waals surface area contributed by atoms with Crippen LogP contribution in [0.5, 0.6) is 0 Å². The molecule has 1 saturated heterocycles. The van der Waals surface area contributed by atoms with Gasteiger partial charge in [-0.2, -0.15) is 0 Å². The number of nitrogens with one attached hydrogen (secondary N) is 1. The van der Waals surface area contributed by atoms with E-state index in [0.717, 1.165) is 0 Å². The van der Waals surface area contributed by atoms with Crippen LogP contribution in [0.25, 0.3) is 0 Å². The molecule has 0 atom stereocenters. The Hall–Kier alpha value is -3.13. The third kappa shape index (κ3) is 5.27. The highest BCUT2D eigenvalue weighted by Crippen LogP contribution is 2.31. The van der Waals surface area contributed by atoms with Crippen LogP contribution in [0.2, 0.25) is 5.02 Å². The minimum atomic E-state index is -0.390. The van der Waals surface area contributed by atoms with Crippen LogP contribution >= 0.6 is 11.6 Å². The third-order valence-corrected chi connectivity index (χ3v) is 5.36. The fraction of sp³-hybridized carbons (Fsp3) is 0.333. The van der Waals surface area contributed by atoms with E-state index < -0.39 is 0 Å². The van der Waals surface area contributed by atoms with Crippen LogP contribution in [0, 0.1) is 16.0 Å². The topological polar surface area (TPSA) is 95.8 Å². The molecule has 1 aliphatic rings. The lowest BCUT2D eigenvalue weighted by Crippen LogP contribution is -2.43. The number of rotatable bonds is 6. The van der Waals surface area contributed by atoms with Gasteiger partial charge in [0.2, 0.25) is 11.8 Å². The van der Waals surface area contributed by atoms with Crippen molar-refractivity contribution in [3.8, 4) is 0 Å². The quantitative estimate of drug-likeness (QED) is 0.558. The van der Waals surface area contributed by atoms with Crippen LogP contribution in [0.1, 0.15) is 12.8 Å². The van der Waals surface area contributed by atoms with E-state index in [2.05, 4.69) is 5.32 Å². The number of hydrogen-bond acceptors (Lipinski definition) is 5. The van der Waals surface area contributed by atoms with E-state index >= 15 is 0 Å². The number of carbonyl (C=O) groups is 2. The van der Waals surface area contributed by atoms with Crippen molar-refractivity contribution in [3.05, 3.63) is 63.7 Å². The Bertz CT molecular complexity index is 944. The van der Waals surface area contributed by atoms with Crippen molar-refractivity contribution in [1.82, 2.24) is 4.90 Å². The number of anilines is 2. The minimum absolute atomic E-state index is 0.0598. The Kier molecular flexibility index (Phi) is 6.89. The molecule has 2 aromatic carbocycles. The molecule has 0 radical (unpaired) electrons. The molecule has 0 saturated carbocycles. The van der Waals surface area contributed by atoms with Gasteiger partial charge < -0.3 is 15.1 Å². The lowest BCUT2D eigenvalue weighted by atomic mass is 9.95. The number of benzene rings is 2. The molecule has 1 fully saturated rings. The number of hydrogen-bond donors (Lipinski definition) is 1. The molecule has 158 valence electrons. The van der Waals surface area contributed by atoms with Crippen LogP contribution in [0.3, 0.4) is 0 Å². The second-order valence-corrected chi connectivity index (χ2v) is 7.70. The molecule has 2 aromatic rings. The molecule has 1 aliphatic heterocycles. The first-order valence-electron chi connectivity index (χ1n) is 9.64. The Morgan fingerprint density at radius 1 is 1.20 bits per heavy atom. The Morgan fingerprint density at radius 2 is 1.90 bits per heavy atom. The third-order valence-electron chi connectivity index (χ3n) is 5.13. The summed E-state index contributed by atoms with van der Waals surface area (Å²) >= 11 is 5.91. The zero-order chi connectivity index (χ0) is 21.7. The van der Waals surface area contributed by atoms with Crippen molar-refractivity contribution < 1.29 is 14.5 Å². The van der Waals surface area contributed by atoms with Crippen LogP contribution in [-0.2, 0) is 9.59 Å². The summed E-state index contributed by atoms with van der Waals surface area (Å²) in [6.07, 6.45) is 1.15. The van der Waals surface area contributed by atoms with E-state index in [1.54, 1.807) is 49.5 Å². The Morgan fingerprint density at radius 3 is 2.57 bits per heavy atom. The first-order chi connectivity index (χ1) is 14.3. The SMILES string of the molecule is CN(CC(=O)Nc1cccc(Cl)c1)C(=O)C1CCN(c2ccccc2[N+](=O)[O-])CC1. The maximum absolute atomic E-state index is 12.8. The Labute approximate surface area is 179 Å². The highest BCUT2D eigenvalue weighted by Gasteiger charge is 2.30. The monoisotopic (exact) mass is 430 g/mol. The predicted octanol–water partition coefficient (Wildman–Crippen LogP) is 3.56. The molecule has 9 heteroatoms. The first-order valence-corrected chi connectivity index (χ1v) is 10.0. The molecule has 0 unspecified atom stereocenters. The molecule has 2 amide bonds. The summed E-state index contributed by atoms with van der Waals surface area (Å²) in [4.78, 5) is 39.2. The zero-order valence-corrected chi connectivity index (χ0v) is 17.3. The molecule has 0 spiro atoms. The van der Waals surface area contributed by atoms with Gasteiger partial charge in [0.15, 0.2) is 0 Å². The maximum atomic E-state index is 12.8. The van der Waals surface area contributed by atoms with Gasteiger partial charge in [-0.05, 0) is 37.1 Å². The average Bonchev–Trinajstić information content (AvgIpc) is 2.73. The number of carbonyl (C=O) groups excluding carboxylic acids is 2. The van der Waals surface area contributed by atoms with E-state index in [-0.39, 0.29) is 34.9 Å². The number of likely N-dealkylation sites (N-methyl/N-ethyl adjacent to an activating group) is 1. The zero-order valence-electron chi connectivity index (χ0n) is 16.6. The van der Waals surface area contributed by atoms with Crippen LogP contribution < -0.4 is 10.2 Å². The van der Waals surface area contributed by atoms with Crippen molar-refractivity contribution in [1.29, 1.82) is 0 Å². The van der Waals surface area contributed by atoms with Crippen molar-refractivity contribution in [2.75, 3.05) is 36.9 Å². The standard InChI is InChI=1S/C21H23ClN4O4/c1-24(14-20(27)23-17-6-4-5-16(22)13-17)21(28)15-9-11-25(12-10-15)18-7-2-3-8-19(18)26(29)30/h2-8,13,15H,9-12,14H2,1H3,(H,23,27). The molecular formula is C21H23ClN4O4. The van der Waals surface area contributed by atoms with E-state index in [1.165, 1.54) is 11.0 Å². The van der Waals surface area contributed by atoms with Gasteiger partial charge in [-0.3, -0.25) is 19.7 Å². The fourth-order valence-electron chi connectivity index (χ4n) is 3.63. The summed E-state index contributed by atoms with van der Waals surface area (Å²) in [6.45, 7) is 1.03. The fourth-order valence-corrected chi connectivity index (χ4v) is 3.82. The van der Waals surface area contributed by atoms with Gasteiger partial charge >= 0.3 is 0 Å².